The number of nitrogens with zero attached hydrogens (tertiary/aromatic N) is 2. The topological polar surface area (TPSA) is 61.9 Å². The third-order valence-electron chi connectivity index (χ3n) is 7.40. The summed E-state index contributed by atoms with van der Waals surface area (Å²) >= 11 is 0. The number of rotatable bonds is 8. The van der Waals surface area contributed by atoms with Crippen LogP contribution >= 0.6 is 0 Å². The molecular formula is C33H37N3O3. The van der Waals surface area contributed by atoms with Gasteiger partial charge in [-0.15, -0.1) is 0 Å². The maximum absolute atomic E-state index is 13.5. The fraction of sp³-hybridized carbons (Fsp3) is 0.333. The summed E-state index contributed by atoms with van der Waals surface area (Å²) in [6.07, 6.45) is 5.27. The highest BCUT2D eigenvalue weighted by Gasteiger charge is 2.30. The largest absolute Gasteiger partial charge is 0.449 e. The number of para-hydroxylation sites is 2. The SMILES string of the molecule is Cc1cccc(CN2C(=O)/C(=C\c3ccc(C(=O)NCCCN4CCC[C@H](C)C4)cc3)Oc3ccccc32)c1. The zero-order valence-corrected chi connectivity index (χ0v) is 22.9. The first-order valence-electron chi connectivity index (χ1n) is 13.9. The summed E-state index contributed by atoms with van der Waals surface area (Å²) in [5, 5.41) is 3.04. The van der Waals surface area contributed by atoms with Gasteiger partial charge in [0.05, 0.1) is 12.2 Å². The van der Waals surface area contributed by atoms with E-state index in [1.54, 1.807) is 23.1 Å². The van der Waals surface area contributed by atoms with E-state index < -0.39 is 0 Å². The number of hydrogen-bond acceptors (Lipinski definition) is 4. The highest BCUT2D eigenvalue weighted by atomic mass is 16.5. The molecule has 2 aliphatic heterocycles. The van der Waals surface area contributed by atoms with Crippen LogP contribution in [0.1, 0.15) is 53.2 Å². The van der Waals surface area contributed by atoms with E-state index in [0.29, 0.717) is 24.4 Å². The fourth-order valence-electron chi connectivity index (χ4n) is 5.39. The molecular weight excluding hydrogens is 486 g/mol. The Bertz CT molecular complexity index is 1350. The van der Waals surface area contributed by atoms with E-state index in [4.69, 9.17) is 4.74 Å². The van der Waals surface area contributed by atoms with Crippen molar-refractivity contribution < 1.29 is 14.3 Å². The van der Waals surface area contributed by atoms with Crippen molar-refractivity contribution in [3.63, 3.8) is 0 Å². The predicted molar refractivity (Wildman–Crippen MR) is 156 cm³/mol. The molecule has 0 bridgehead atoms. The number of piperidine rings is 1. The van der Waals surface area contributed by atoms with Gasteiger partial charge in [-0.3, -0.25) is 14.5 Å². The smallest absolute Gasteiger partial charge is 0.294 e. The third-order valence-corrected chi connectivity index (χ3v) is 7.40. The van der Waals surface area contributed by atoms with E-state index in [0.717, 1.165) is 54.4 Å². The number of hydrogen-bond donors (Lipinski definition) is 1. The predicted octanol–water partition coefficient (Wildman–Crippen LogP) is 5.81. The highest BCUT2D eigenvalue weighted by molar-refractivity contribution is 6.09. The van der Waals surface area contributed by atoms with Crippen LogP contribution in [-0.4, -0.2) is 42.9 Å². The van der Waals surface area contributed by atoms with Gasteiger partial charge in [0.25, 0.3) is 11.8 Å². The first kappa shape index (κ1) is 26.7. The lowest BCUT2D eigenvalue weighted by Crippen LogP contribution is -2.36. The maximum atomic E-state index is 13.5. The molecule has 1 fully saturated rings. The van der Waals surface area contributed by atoms with Gasteiger partial charge in [-0.1, -0.05) is 61.0 Å². The number of nitrogens with one attached hydrogen (secondary N) is 1. The molecule has 0 aliphatic carbocycles. The Morgan fingerprint density at radius 1 is 1.08 bits per heavy atom. The molecule has 1 saturated heterocycles. The van der Waals surface area contributed by atoms with Crippen molar-refractivity contribution in [2.45, 2.75) is 39.7 Å². The molecule has 0 spiro atoms. The van der Waals surface area contributed by atoms with Gasteiger partial charge in [0.2, 0.25) is 0 Å². The van der Waals surface area contributed by atoms with E-state index in [1.165, 1.54) is 12.8 Å². The Morgan fingerprint density at radius 3 is 2.69 bits per heavy atom. The second kappa shape index (κ2) is 12.3. The Labute approximate surface area is 231 Å². The molecule has 5 rings (SSSR count). The minimum absolute atomic E-state index is 0.0792. The summed E-state index contributed by atoms with van der Waals surface area (Å²) in [5.74, 6) is 1.39. The summed E-state index contributed by atoms with van der Waals surface area (Å²) in [4.78, 5) is 30.4. The van der Waals surface area contributed by atoms with Crippen LogP contribution in [0.4, 0.5) is 5.69 Å². The molecule has 39 heavy (non-hydrogen) atoms. The first-order chi connectivity index (χ1) is 19.0. The van der Waals surface area contributed by atoms with Crippen LogP contribution in [0.2, 0.25) is 0 Å². The lowest BCUT2D eigenvalue weighted by Gasteiger charge is -2.30. The van der Waals surface area contributed by atoms with Crippen LogP contribution < -0.4 is 15.0 Å². The van der Waals surface area contributed by atoms with Crippen molar-refractivity contribution in [1.82, 2.24) is 10.2 Å². The fourth-order valence-corrected chi connectivity index (χ4v) is 5.39. The van der Waals surface area contributed by atoms with E-state index >= 15 is 0 Å². The first-order valence-corrected chi connectivity index (χ1v) is 13.9. The minimum Gasteiger partial charge on any atom is -0.449 e. The lowest BCUT2D eigenvalue weighted by atomic mass is 10.0. The molecule has 1 N–H and O–H groups in total. The van der Waals surface area contributed by atoms with E-state index in [2.05, 4.69) is 23.2 Å². The molecule has 1 atom stereocenters. The Morgan fingerprint density at radius 2 is 1.90 bits per heavy atom. The monoisotopic (exact) mass is 523 g/mol. The summed E-state index contributed by atoms with van der Waals surface area (Å²) in [5.41, 5.74) is 4.36. The number of benzene rings is 3. The molecule has 2 heterocycles. The third kappa shape index (κ3) is 6.76. The normalized spacial score (nSPS) is 18.5. The van der Waals surface area contributed by atoms with Crippen molar-refractivity contribution >= 4 is 23.6 Å². The Hall–Kier alpha value is -3.90. The van der Waals surface area contributed by atoms with Gasteiger partial charge < -0.3 is 15.0 Å². The molecule has 3 aromatic carbocycles. The number of likely N-dealkylation sites (tertiary alicyclic amines) is 1. The molecule has 6 nitrogen and oxygen atoms in total. The number of anilines is 1. The lowest BCUT2D eigenvalue weighted by molar-refractivity contribution is -0.117. The van der Waals surface area contributed by atoms with Gasteiger partial charge in [-0.2, -0.15) is 0 Å². The van der Waals surface area contributed by atoms with Gasteiger partial charge in [0.1, 0.15) is 0 Å². The zero-order chi connectivity index (χ0) is 27.2. The summed E-state index contributed by atoms with van der Waals surface area (Å²) in [7, 11) is 0. The van der Waals surface area contributed by atoms with Gasteiger partial charge in [-0.25, -0.2) is 0 Å². The van der Waals surface area contributed by atoms with Crippen molar-refractivity contribution in [2.24, 2.45) is 5.92 Å². The molecule has 0 radical (unpaired) electrons. The van der Waals surface area contributed by atoms with Crippen LogP contribution in [0.15, 0.2) is 78.6 Å². The quantitative estimate of drug-likeness (QED) is 0.299. The van der Waals surface area contributed by atoms with Crippen LogP contribution in [0.5, 0.6) is 5.75 Å². The standard InChI is InChI=1S/C33H37N3O3/c1-24-8-5-10-27(20-24)23-36-29-11-3-4-12-30(29)39-31(33(36)38)21-26-13-15-28(16-14-26)32(37)34-17-7-19-35-18-6-9-25(2)22-35/h3-5,8,10-16,20-21,25H,6-7,9,17-19,22-23H2,1-2H3,(H,34,37)/b31-21+/t25-/m0/s1. The molecule has 0 saturated carbocycles. The van der Waals surface area contributed by atoms with Crippen LogP contribution in [0.3, 0.4) is 0 Å². The maximum Gasteiger partial charge on any atom is 0.294 e. The van der Waals surface area contributed by atoms with Gasteiger partial charge >= 0.3 is 0 Å². The number of ether oxygens (including phenoxy) is 1. The average molecular weight is 524 g/mol. The molecule has 2 amide bonds. The summed E-state index contributed by atoms with van der Waals surface area (Å²) < 4.78 is 6.03. The number of amides is 2. The molecule has 202 valence electrons. The molecule has 2 aliphatic rings. The van der Waals surface area contributed by atoms with Crippen molar-refractivity contribution in [1.29, 1.82) is 0 Å². The van der Waals surface area contributed by atoms with Crippen molar-refractivity contribution in [3.8, 4) is 5.75 Å². The molecule has 0 aromatic heterocycles. The van der Waals surface area contributed by atoms with Crippen LogP contribution in [0.25, 0.3) is 6.08 Å². The average Bonchev–Trinajstić information content (AvgIpc) is 2.94. The van der Waals surface area contributed by atoms with Crippen molar-refractivity contribution in [3.05, 3.63) is 101 Å². The molecule has 0 unspecified atom stereocenters. The number of carbonyl (C=O) groups is 2. The van der Waals surface area contributed by atoms with E-state index in [-0.39, 0.29) is 17.6 Å². The van der Waals surface area contributed by atoms with Crippen molar-refractivity contribution in [2.75, 3.05) is 31.1 Å². The zero-order valence-electron chi connectivity index (χ0n) is 22.9. The number of fused-ring (bicyclic) bond motifs is 1. The number of carbonyl (C=O) groups excluding carboxylic acids is 2. The van der Waals surface area contributed by atoms with Gasteiger partial charge in [-0.05, 0) is 86.7 Å². The number of aryl methyl sites for hydroxylation is 1. The van der Waals surface area contributed by atoms with E-state index in [9.17, 15) is 9.59 Å². The Balaban J connectivity index is 1.22. The second-order valence-corrected chi connectivity index (χ2v) is 10.7. The second-order valence-electron chi connectivity index (χ2n) is 10.7. The summed E-state index contributed by atoms with van der Waals surface area (Å²) in [6, 6.07) is 23.0. The van der Waals surface area contributed by atoms with Gasteiger partial charge in [0, 0.05) is 18.7 Å². The summed E-state index contributed by atoms with van der Waals surface area (Å²) in [6.45, 7) is 8.81. The minimum atomic E-state index is -0.194. The van der Waals surface area contributed by atoms with Crippen LogP contribution in [-0.2, 0) is 11.3 Å². The highest BCUT2D eigenvalue weighted by Crippen LogP contribution is 2.36. The van der Waals surface area contributed by atoms with E-state index in [1.807, 2.05) is 61.5 Å². The van der Waals surface area contributed by atoms with Gasteiger partial charge in [0.15, 0.2) is 11.5 Å². The molecule has 6 heteroatoms. The van der Waals surface area contributed by atoms with Crippen LogP contribution in [0, 0.1) is 12.8 Å². The molecule has 3 aromatic rings. The Kier molecular flexibility index (Phi) is 8.42.